The van der Waals surface area contributed by atoms with E-state index in [1.54, 1.807) is 11.3 Å². The number of para-hydroxylation sites is 1. The molecule has 0 bridgehead atoms. The van der Waals surface area contributed by atoms with Crippen molar-refractivity contribution in [1.82, 2.24) is 0 Å². The Labute approximate surface area is 110 Å². The molecule has 0 saturated heterocycles. The van der Waals surface area contributed by atoms with Crippen LogP contribution in [0.3, 0.4) is 0 Å². The van der Waals surface area contributed by atoms with Crippen molar-refractivity contribution < 1.29 is 0 Å². The van der Waals surface area contributed by atoms with Crippen LogP contribution >= 0.6 is 35.3 Å². The fourth-order valence-electron chi connectivity index (χ4n) is 1.12. The van der Waals surface area contributed by atoms with Crippen molar-refractivity contribution >= 4 is 46.8 Å². The van der Waals surface area contributed by atoms with Crippen molar-refractivity contribution in [2.75, 3.05) is 0 Å². The topological polar surface area (TPSA) is 38.4 Å². The second-order valence-electron chi connectivity index (χ2n) is 2.81. The van der Waals surface area contributed by atoms with Gasteiger partial charge in [0.15, 0.2) is 0 Å². The lowest BCUT2D eigenvalue weighted by Gasteiger charge is -1.96. The van der Waals surface area contributed by atoms with Gasteiger partial charge in [-0.3, -0.25) is 0 Å². The van der Waals surface area contributed by atoms with Crippen molar-refractivity contribution in [1.29, 1.82) is 0 Å². The Morgan fingerprint density at radius 2 is 1.80 bits per heavy atom. The minimum Gasteiger partial charge on any atom is -0.383 e. The third-order valence-corrected chi connectivity index (χ3v) is 2.67. The van der Waals surface area contributed by atoms with Gasteiger partial charge >= 0.3 is 0 Å². The summed E-state index contributed by atoms with van der Waals surface area (Å²) in [6, 6.07) is 13.6. The zero-order valence-corrected chi connectivity index (χ0v) is 11.1. The molecule has 0 aliphatic heterocycles. The number of halogens is 1. The molecule has 0 unspecified atom stereocenters. The van der Waals surface area contributed by atoms with E-state index in [9.17, 15) is 0 Å². The van der Waals surface area contributed by atoms with E-state index in [1.807, 2.05) is 47.8 Å². The molecule has 0 atom stereocenters. The highest BCUT2D eigenvalue weighted by Gasteiger charge is 1.98. The molecule has 0 aliphatic carbocycles. The van der Waals surface area contributed by atoms with Crippen LogP contribution in [0.5, 0.6) is 0 Å². The normalized spacial score (nSPS) is 10.8. The Morgan fingerprint density at radius 3 is 2.40 bits per heavy atom. The molecule has 15 heavy (non-hydrogen) atoms. The second kappa shape index (κ2) is 5.87. The monoisotopic (exact) mass is 330 g/mol. The van der Waals surface area contributed by atoms with Gasteiger partial charge in [-0.1, -0.05) is 24.3 Å². The maximum absolute atomic E-state index is 5.83. The van der Waals surface area contributed by atoms with Gasteiger partial charge in [-0.05, 0) is 23.6 Å². The van der Waals surface area contributed by atoms with Crippen LogP contribution in [-0.2, 0) is 0 Å². The summed E-state index contributed by atoms with van der Waals surface area (Å²) < 4.78 is 0. The number of aliphatic imine (C=N–C) groups is 1. The number of nitrogens with two attached hydrogens (primary N) is 1. The summed E-state index contributed by atoms with van der Waals surface area (Å²) in [6.45, 7) is 0. The third-order valence-electron chi connectivity index (χ3n) is 1.78. The molecule has 0 saturated carbocycles. The number of rotatable bonds is 2. The van der Waals surface area contributed by atoms with Gasteiger partial charge < -0.3 is 5.73 Å². The fraction of sp³-hybridized carbons (Fsp3) is 0. The zero-order valence-electron chi connectivity index (χ0n) is 7.96. The van der Waals surface area contributed by atoms with Crippen LogP contribution in [0.1, 0.15) is 4.88 Å². The first-order chi connectivity index (χ1) is 6.86. The molecule has 2 rings (SSSR count). The quantitative estimate of drug-likeness (QED) is 0.512. The average molecular weight is 330 g/mol. The Balaban J connectivity index is 0.00000112. The molecule has 1 heterocycles. The summed E-state index contributed by atoms with van der Waals surface area (Å²) >= 11 is 1.59. The predicted octanol–water partition coefficient (Wildman–Crippen LogP) is 3.40. The average Bonchev–Trinajstić information content (AvgIpc) is 2.72. The van der Waals surface area contributed by atoms with E-state index in [0.29, 0.717) is 5.84 Å². The first kappa shape index (κ1) is 12.2. The van der Waals surface area contributed by atoms with Crippen LogP contribution < -0.4 is 5.73 Å². The molecule has 0 radical (unpaired) electrons. The first-order valence-corrected chi connectivity index (χ1v) is 5.17. The van der Waals surface area contributed by atoms with E-state index >= 15 is 0 Å². The maximum Gasteiger partial charge on any atom is 0.141 e. The molecule has 0 spiro atoms. The van der Waals surface area contributed by atoms with Crippen LogP contribution in [0, 0.1) is 0 Å². The number of benzene rings is 1. The van der Waals surface area contributed by atoms with Gasteiger partial charge in [0.05, 0.1) is 10.6 Å². The summed E-state index contributed by atoms with van der Waals surface area (Å²) in [5.41, 5.74) is 6.72. The maximum atomic E-state index is 5.83. The number of thiophene rings is 1. The Hall–Kier alpha value is -0.880. The minimum absolute atomic E-state index is 0. The molecule has 0 amide bonds. The van der Waals surface area contributed by atoms with E-state index in [-0.39, 0.29) is 24.0 Å². The summed E-state index contributed by atoms with van der Waals surface area (Å²) in [6.07, 6.45) is 0. The number of hydrogen-bond acceptors (Lipinski definition) is 2. The minimum atomic E-state index is 0. The van der Waals surface area contributed by atoms with Crippen LogP contribution in [0.25, 0.3) is 0 Å². The summed E-state index contributed by atoms with van der Waals surface area (Å²) in [5.74, 6) is 0.575. The zero-order chi connectivity index (χ0) is 9.80. The van der Waals surface area contributed by atoms with Crippen molar-refractivity contribution in [3.8, 4) is 0 Å². The lowest BCUT2D eigenvalue weighted by molar-refractivity contribution is 1.48. The van der Waals surface area contributed by atoms with Gasteiger partial charge in [0.1, 0.15) is 5.84 Å². The summed E-state index contributed by atoms with van der Waals surface area (Å²) in [7, 11) is 0. The second-order valence-corrected chi connectivity index (χ2v) is 3.76. The molecule has 2 nitrogen and oxygen atoms in total. The van der Waals surface area contributed by atoms with E-state index in [0.717, 1.165) is 10.6 Å². The van der Waals surface area contributed by atoms with E-state index < -0.39 is 0 Å². The Bertz CT molecular complexity index is 423. The lowest BCUT2D eigenvalue weighted by atomic mass is 10.3. The lowest BCUT2D eigenvalue weighted by Crippen LogP contribution is -2.10. The van der Waals surface area contributed by atoms with Gasteiger partial charge in [-0.2, -0.15) is 0 Å². The smallest absolute Gasteiger partial charge is 0.141 e. The highest BCUT2D eigenvalue weighted by molar-refractivity contribution is 14.0. The van der Waals surface area contributed by atoms with Crippen molar-refractivity contribution in [2.24, 2.45) is 10.7 Å². The molecule has 1 aromatic carbocycles. The van der Waals surface area contributed by atoms with Crippen LogP contribution in [0.4, 0.5) is 5.69 Å². The fourth-order valence-corrected chi connectivity index (χ4v) is 1.75. The van der Waals surface area contributed by atoms with E-state index in [4.69, 9.17) is 5.73 Å². The van der Waals surface area contributed by atoms with Gasteiger partial charge in [-0.25, -0.2) is 4.99 Å². The van der Waals surface area contributed by atoms with E-state index in [2.05, 4.69) is 4.99 Å². The van der Waals surface area contributed by atoms with Crippen molar-refractivity contribution in [2.45, 2.75) is 0 Å². The van der Waals surface area contributed by atoms with Gasteiger partial charge in [-0.15, -0.1) is 35.3 Å². The molecule has 2 N–H and O–H groups in total. The van der Waals surface area contributed by atoms with Crippen LogP contribution in [0.2, 0.25) is 0 Å². The molecular weight excluding hydrogens is 319 g/mol. The number of hydrogen-bond donors (Lipinski definition) is 1. The van der Waals surface area contributed by atoms with Crippen LogP contribution in [0.15, 0.2) is 52.8 Å². The standard InChI is InChI=1S/C11H10N2S.HI/c12-11(10-7-4-8-14-10)13-9-5-2-1-3-6-9;/h1-8H,(H2,12,13);1H. The molecule has 1 aromatic heterocycles. The molecule has 2 aromatic rings. The Morgan fingerprint density at radius 1 is 1.07 bits per heavy atom. The molecular formula is C11H11IN2S. The summed E-state index contributed by atoms with van der Waals surface area (Å²) in [4.78, 5) is 5.31. The van der Waals surface area contributed by atoms with Gasteiger partial charge in [0.25, 0.3) is 0 Å². The highest BCUT2D eigenvalue weighted by Crippen LogP contribution is 2.13. The number of nitrogens with zero attached hydrogens (tertiary/aromatic N) is 1. The first-order valence-electron chi connectivity index (χ1n) is 4.29. The van der Waals surface area contributed by atoms with E-state index in [1.165, 1.54) is 0 Å². The van der Waals surface area contributed by atoms with Crippen molar-refractivity contribution in [3.05, 3.63) is 52.7 Å². The Kier molecular flexibility index (Phi) is 4.77. The molecule has 4 heteroatoms. The largest absolute Gasteiger partial charge is 0.383 e. The molecule has 0 fully saturated rings. The summed E-state index contributed by atoms with van der Waals surface area (Å²) in [5, 5.41) is 1.99. The number of amidine groups is 1. The van der Waals surface area contributed by atoms with Crippen LogP contribution in [-0.4, -0.2) is 5.84 Å². The highest BCUT2D eigenvalue weighted by atomic mass is 127. The van der Waals surface area contributed by atoms with Gasteiger partial charge in [0, 0.05) is 0 Å². The van der Waals surface area contributed by atoms with Gasteiger partial charge in [0.2, 0.25) is 0 Å². The predicted molar refractivity (Wildman–Crippen MR) is 76.6 cm³/mol. The molecule has 78 valence electrons. The SMILES string of the molecule is I.NC(=Nc1ccccc1)c1cccs1. The molecule has 0 aliphatic rings. The van der Waals surface area contributed by atoms with Crippen molar-refractivity contribution in [3.63, 3.8) is 0 Å². The third kappa shape index (κ3) is 3.32.